The highest BCUT2D eigenvalue weighted by Crippen LogP contribution is 2.24. The van der Waals surface area contributed by atoms with Crippen molar-refractivity contribution in [3.8, 4) is 0 Å². The maximum atomic E-state index is 12.2. The number of rotatable bonds is 3. The zero-order chi connectivity index (χ0) is 14.0. The molecule has 2 rings (SSSR count). The van der Waals surface area contributed by atoms with Gasteiger partial charge in [-0.1, -0.05) is 12.8 Å². The molecule has 7 heteroatoms. The molecule has 1 fully saturated rings. The Morgan fingerprint density at radius 1 is 1.32 bits per heavy atom. The number of nitrogen functional groups attached to an aromatic ring is 1. The van der Waals surface area contributed by atoms with Crippen LogP contribution in [0.3, 0.4) is 0 Å². The molecule has 5 nitrogen and oxygen atoms in total. The second-order valence-corrected chi connectivity index (χ2v) is 7.33. The second kappa shape index (κ2) is 5.78. The largest absolute Gasteiger partial charge is 0.398 e. The summed E-state index contributed by atoms with van der Waals surface area (Å²) in [5.74, 6) is 0. The van der Waals surface area contributed by atoms with Crippen molar-refractivity contribution < 1.29 is 13.5 Å². The number of nitrogens with one attached hydrogen (secondary N) is 1. The second-order valence-electron chi connectivity index (χ2n) is 4.76. The van der Waals surface area contributed by atoms with Crippen LogP contribution in [-0.2, 0) is 10.0 Å². The Morgan fingerprint density at radius 3 is 2.63 bits per heavy atom. The summed E-state index contributed by atoms with van der Waals surface area (Å²) in [6, 6.07) is 4.07. The Bertz CT molecular complexity index is 562. The zero-order valence-electron chi connectivity index (χ0n) is 10.3. The van der Waals surface area contributed by atoms with Crippen LogP contribution in [0.15, 0.2) is 27.6 Å². The third-order valence-corrected chi connectivity index (χ3v) is 5.52. The van der Waals surface area contributed by atoms with Gasteiger partial charge in [0.2, 0.25) is 10.0 Å². The van der Waals surface area contributed by atoms with E-state index >= 15 is 0 Å². The number of sulfonamides is 1. The number of benzene rings is 1. The van der Waals surface area contributed by atoms with Crippen LogP contribution < -0.4 is 10.5 Å². The molecule has 0 saturated heterocycles. The van der Waals surface area contributed by atoms with E-state index in [1.807, 2.05) is 0 Å². The lowest BCUT2D eigenvalue weighted by molar-refractivity contribution is 0.101. The van der Waals surface area contributed by atoms with E-state index in [1.165, 1.54) is 12.1 Å². The average Bonchev–Trinajstić information content (AvgIpc) is 2.35. The monoisotopic (exact) mass is 348 g/mol. The van der Waals surface area contributed by atoms with Gasteiger partial charge in [0.25, 0.3) is 0 Å². The molecule has 2 atom stereocenters. The zero-order valence-corrected chi connectivity index (χ0v) is 12.7. The fraction of sp³-hybridized carbons (Fsp3) is 0.500. The summed E-state index contributed by atoms with van der Waals surface area (Å²) < 4.78 is 27.6. The number of halogens is 1. The number of nitrogens with two attached hydrogens (primary N) is 1. The molecule has 1 aromatic rings. The Labute approximate surface area is 121 Å². The molecule has 1 saturated carbocycles. The lowest BCUT2D eigenvalue weighted by Crippen LogP contribution is -2.44. The molecule has 106 valence electrons. The predicted octanol–water partition coefficient (Wildman–Crippen LogP) is 1.61. The van der Waals surface area contributed by atoms with Gasteiger partial charge in [-0.15, -0.1) is 0 Å². The first kappa shape index (κ1) is 14.8. The predicted molar refractivity (Wildman–Crippen MR) is 77.1 cm³/mol. The Hall–Kier alpha value is -0.630. The van der Waals surface area contributed by atoms with Crippen LogP contribution in [0.2, 0.25) is 0 Å². The van der Waals surface area contributed by atoms with Crippen molar-refractivity contribution >= 4 is 31.6 Å². The maximum absolute atomic E-state index is 12.2. The van der Waals surface area contributed by atoms with Crippen LogP contribution in [0, 0.1) is 0 Å². The number of hydrogen-bond donors (Lipinski definition) is 3. The Morgan fingerprint density at radius 2 is 2.00 bits per heavy atom. The Balaban J connectivity index is 2.19. The minimum absolute atomic E-state index is 0.117. The van der Waals surface area contributed by atoms with Crippen LogP contribution in [0.5, 0.6) is 0 Å². The van der Waals surface area contributed by atoms with Crippen molar-refractivity contribution in [2.45, 2.75) is 42.7 Å². The highest BCUT2D eigenvalue weighted by molar-refractivity contribution is 9.10. The molecule has 0 heterocycles. The van der Waals surface area contributed by atoms with E-state index < -0.39 is 22.2 Å². The molecule has 0 bridgehead atoms. The van der Waals surface area contributed by atoms with Crippen molar-refractivity contribution in [3.63, 3.8) is 0 Å². The summed E-state index contributed by atoms with van der Waals surface area (Å²) in [6.07, 6.45) is 2.54. The molecule has 1 aliphatic carbocycles. The van der Waals surface area contributed by atoms with Gasteiger partial charge >= 0.3 is 0 Å². The van der Waals surface area contributed by atoms with E-state index in [1.54, 1.807) is 6.07 Å². The first-order valence-electron chi connectivity index (χ1n) is 6.15. The molecule has 0 unspecified atom stereocenters. The van der Waals surface area contributed by atoms with E-state index in [2.05, 4.69) is 20.7 Å². The normalized spacial score (nSPS) is 24.3. The number of anilines is 1. The van der Waals surface area contributed by atoms with Crippen molar-refractivity contribution in [3.05, 3.63) is 22.7 Å². The molecular formula is C12H17BrN2O3S. The smallest absolute Gasteiger partial charge is 0.240 e. The quantitative estimate of drug-likeness (QED) is 0.723. The Kier molecular flexibility index (Phi) is 4.50. The lowest BCUT2D eigenvalue weighted by atomic mass is 9.93. The molecule has 0 amide bonds. The number of hydrogen-bond acceptors (Lipinski definition) is 4. The molecule has 1 aliphatic rings. The first-order chi connectivity index (χ1) is 8.90. The molecule has 0 spiro atoms. The van der Waals surface area contributed by atoms with Crippen molar-refractivity contribution in [1.29, 1.82) is 0 Å². The molecule has 0 aromatic heterocycles. The van der Waals surface area contributed by atoms with Gasteiger partial charge in [0.15, 0.2) is 0 Å². The minimum Gasteiger partial charge on any atom is -0.398 e. The van der Waals surface area contributed by atoms with Gasteiger partial charge in [-0.25, -0.2) is 13.1 Å². The lowest BCUT2D eigenvalue weighted by Gasteiger charge is -2.28. The highest BCUT2D eigenvalue weighted by atomic mass is 79.9. The fourth-order valence-electron chi connectivity index (χ4n) is 2.21. The van der Waals surface area contributed by atoms with Crippen molar-refractivity contribution in [2.24, 2.45) is 0 Å². The topological polar surface area (TPSA) is 92.4 Å². The summed E-state index contributed by atoms with van der Waals surface area (Å²) in [5.41, 5.74) is 6.06. The van der Waals surface area contributed by atoms with E-state index in [0.717, 1.165) is 12.8 Å². The van der Waals surface area contributed by atoms with Gasteiger partial charge < -0.3 is 10.8 Å². The van der Waals surface area contributed by atoms with E-state index in [0.29, 0.717) is 23.0 Å². The summed E-state index contributed by atoms with van der Waals surface area (Å²) in [7, 11) is -3.64. The summed E-state index contributed by atoms with van der Waals surface area (Å²) in [5, 5.41) is 9.82. The molecule has 1 aromatic carbocycles. The van der Waals surface area contributed by atoms with Gasteiger partial charge in [0, 0.05) is 16.2 Å². The minimum atomic E-state index is -3.64. The maximum Gasteiger partial charge on any atom is 0.240 e. The molecular weight excluding hydrogens is 332 g/mol. The van der Waals surface area contributed by atoms with Crippen molar-refractivity contribution in [2.75, 3.05) is 5.73 Å². The van der Waals surface area contributed by atoms with Gasteiger partial charge in [0.05, 0.1) is 11.0 Å². The highest BCUT2D eigenvalue weighted by Gasteiger charge is 2.28. The summed E-state index contributed by atoms with van der Waals surface area (Å²) in [4.78, 5) is 0.117. The van der Waals surface area contributed by atoms with Gasteiger partial charge in [-0.2, -0.15) is 0 Å². The average molecular weight is 349 g/mol. The van der Waals surface area contributed by atoms with Crippen LogP contribution in [0.1, 0.15) is 25.7 Å². The molecule has 19 heavy (non-hydrogen) atoms. The fourth-order valence-corrected chi connectivity index (χ4v) is 3.79. The van der Waals surface area contributed by atoms with Gasteiger partial charge in [-0.3, -0.25) is 0 Å². The number of aliphatic hydroxyl groups is 1. The van der Waals surface area contributed by atoms with E-state index in [4.69, 9.17) is 5.73 Å². The van der Waals surface area contributed by atoms with E-state index in [9.17, 15) is 13.5 Å². The van der Waals surface area contributed by atoms with Crippen LogP contribution in [-0.4, -0.2) is 25.7 Å². The summed E-state index contributed by atoms with van der Waals surface area (Å²) >= 11 is 3.22. The van der Waals surface area contributed by atoms with Gasteiger partial charge in [-0.05, 0) is 47.0 Å². The number of aliphatic hydroxyl groups excluding tert-OH is 1. The van der Waals surface area contributed by atoms with Gasteiger partial charge in [0.1, 0.15) is 0 Å². The first-order valence-corrected chi connectivity index (χ1v) is 8.43. The molecule has 0 radical (unpaired) electrons. The third kappa shape index (κ3) is 3.47. The third-order valence-electron chi connectivity index (χ3n) is 3.31. The summed E-state index contributed by atoms with van der Waals surface area (Å²) in [6.45, 7) is 0. The standard InChI is InChI=1S/C12H17BrN2O3S/c13-9-6-5-8(7-10(9)14)19(17,18)15-11-3-1-2-4-12(11)16/h5-7,11-12,15-16H,1-4,14H2/t11-,12-/m1/s1. The SMILES string of the molecule is Nc1cc(S(=O)(=O)N[C@@H]2CCCC[C@H]2O)ccc1Br. The van der Waals surface area contributed by atoms with Crippen LogP contribution in [0.25, 0.3) is 0 Å². The molecule has 4 N–H and O–H groups in total. The van der Waals surface area contributed by atoms with Crippen molar-refractivity contribution in [1.82, 2.24) is 4.72 Å². The van der Waals surface area contributed by atoms with Crippen LogP contribution >= 0.6 is 15.9 Å². The van der Waals surface area contributed by atoms with E-state index in [-0.39, 0.29) is 4.90 Å². The van der Waals surface area contributed by atoms with Crippen LogP contribution in [0.4, 0.5) is 5.69 Å². The molecule has 0 aliphatic heterocycles.